The molecule has 0 radical (unpaired) electrons. The Morgan fingerprint density at radius 3 is 2.58 bits per heavy atom. The molecule has 2 fully saturated rings. The number of nitrogens with zero attached hydrogens (tertiary/aromatic N) is 1. The summed E-state index contributed by atoms with van der Waals surface area (Å²) < 4.78 is 0. The molecule has 2 aliphatic rings. The van der Waals surface area contributed by atoms with E-state index < -0.39 is 0 Å². The lowest BCUT2D eigenvalue weighted by atomic mass is 9.80. The molecule has 4 unspecified atom stereocenters. The molecule has 0 aromatic heterocycles. The number of hydrogen-bond acceptors (Lipinski definition) is 2. The van der Waals surface area contributed by atoms with Crippen molar-refractivity contribution in [2.45, 2.75) is 83.7 Å². The van der Waals surface area contributed by atoms with Crippen molar-refractivity contribution in [3.05, 3.63) is 0 Å². The van der Waals surface area contributed by atoms with Crippen LogP contribution in [0.25, 0.3) is 0 Å². The second-order valence-corrected chi connectivity index (χ2v) is 6.94. The predicted molar refractivity (Wildman–Crippen MR) is 83.2 cm³/mol. The fourth-order valence-electron chi connectivity index (χ4n) is 4.27. The topological polar surface area (TPSA) is 29.3 Å². The molecule has 0 aromatic rings. The molecule has 1 aliphatic heterocycles. The van der Waals surface area contributed by atoms with E-state index in [9.17, 15) is 0 Å². The van der Waals surface area contributed by atoms with Gasteiger partial charge in [0.1, 0.15) is 0 Å². The van der Waals surface area contributed by atoms with E-state index in [-0.39, 0.29) is 0 Å². The van der Waals surface area contributed by atoms with E-state index in [0.717, 1.165) is 11.8 Å². The summed E-state index contributed by atoms with van der Waals surface area (Å²) in [4.78, 5) is 2.75. The lowest BCUT2D eigenvalue weighted by Gasteiger charge is -2.41. The molecular weight excluding hydrogens is 232 g/mol. The molecule has 19 heavy (non-hydrogen) atoms. The zero-order chi connectivity index (χ0) is 13.7. The highest BCUT2D eigenvalue weighted by atomic mass is 15.2. The highest BCUT2D eigenvalue weighted by Crippen LogP contribution is 2.32. The van der Waals surface area contributed by atoms with Crippen molar-refractivity contribution in [3.8, 4) is 0 Å². The van der Waals surface area contributed by atoms with Gasteiger partial charge in [-0.2, -0.15) is 0 Å². The SMILES string of the molecule is CCCC1CCC(N)C(N2CCCC(CC)CC2)C1. The molecule has 1 heterocycles. The molecule has 1 saturated carbocycles. The molecule has 2 N–H and O–H groups in total. The lowest BCUT2D eigenvalue weighted by molar-refractivity contribution is 0.110. The van der Waals surface area contributed by atoms with Crippen molar-refractivity contribution in [1.82, 2.24) is 4.90 Å². The molecule has 4 atom stereocenters. The first-order valence-electron chi connectivity index (χ1n) is 8.74. The van der Waals surface area contributed by atoms with Gasteiger partial charge >= 0.3 is 0 Å². The van der Waals surface area contributed by atoms with E-state index in [1.165, 1.54) is 70.9 Å². The minimum absolute atomic E-state index is 0.436. The normalized spacial score (nSPS) is 38.1. The van der Waals surface area contributed by atoms with Gasteiger partial charge in [0.25, 0.3) is 0 Å². The Balaban J connectivity index is 1.90. The summed E-state index contributed by atoms with van der Waals surface area (Å²) in [7, 11) is 0. The van der Waals surface area contributed by atoms with Gasteiger partial charge in [-0.15, -0.1) is 0 Å². The summed E-state index contributed by atoms with van der Waals surface area (Å²) in [6.45, 7) is 7.27. The average Bonchev–Trinajstić information content (AvgIpc) is 2.66. The molecule has 112 valence electrons. The molecule has 2 heteroatoms. The maximum absolute atomic E-state index is 6.44. The largest absolute Gasteiger partial charge is 0.326 e. The molecule has 0 amide bonds. The van der Waals surface area contributed by atoms with Gasteiger partial charge in [-0.05, 0) is 63.5 Å². The molecule has 2 rings (SSSR count). The monoisotopic (exact) mass is 266 g/mol. The first-order chi connectivity index (χ1) is 9.24. The van der Waals surface area contributed by atoms with Crippen molar-refractivity contribution >= 4 is 0 Å². The average molecular weight is 266 g/mol. The zero-order valence-electron chi connectivity index (χ0n) is 13.1. The fraction of sp³-hybridized carbons (Fsp3) is 1.00. The van der Waals surface area contributed by atoms with Gasteiger partial charge in [-0.25, -0.2) is 0 Å². The van der Waals surface area contributed by atoms with Gasteiger partial charge in [0.15, 0.2) is 0 Å². The van der Waals surface area contributed by atoms with Gasteiger partial charge < -0.3 is 5.73 Å². The van der Waals surface area contributed by atoms with Gasteiger partial charge in [-0.1, -0.05) is 33.1 Å². The van der Waals surface area contributed by atoms with E-state index in [2.05, 4.69) is 18.7 Å². The third-order valence-corrected chi connectivity index (χ3v) is 5.60. The summed E-state index contributed by atoms with van der Waals surface area (Å²) in [6.07, 6.45) is 12.3. The van der Waals surface area contributed by atoms with Crippen molar-refractivity contribution in [1.29, 1.82) is 0 Å². The summed E-state index contributed by atoms with van der Waals surface area (Å²) in [5, 5.41) is 0. The number of nitrogens with two attached hydrogens (primary N) is 1. The van der Waals surface area contributed by atoms with Crippen LogP contribution in [0.2, 0.25) is 0 Å². The summed E-state index contributed by atoms with van der Waals surface area (Å²) in [5.41, 5.74) is 6.44. The first kappa shape index (κ1) is 15.3. The van der Waals surface area contributed by atoms with Crippen LogP contribution in [-0.4, -0.2) is 30.1 Å². The maximum Gasteiger partial charge on any atom is 0.0249 e. The Morgan fingerprint density at radius 1 is 1.00 bits per heavy atom. The fourth-order valence-corrected chi connectivity index (χ4v) is 4.27. The van der Waals surface area contributed by atoms with E-state index in [0.29, 0.717) is 12.1 Å². The number of rotatable bonds is 4. The van der Waals surface area contributed by atoms with Crippen LogP contribution in [0.4, 0.5) is 0 Å². The number of hydrogen-bond donors (Lipinski definition) is 1. The van der Waals surface area contributed by atoms with Crippen LogP contribution < -0.4 is 5.73 Å². The Morgan fingerprint density at radius 2 is 1.84 bits per heavy atom. The molecule has 0 bridgehead atoms. The van der Waals surface area contributed by atoms with Crippen LogP contribution >= 0.6 is 0 Å². The number of likely N-dealkylation sites (tertiary alicyclic amines) is 1. The minimum atomic E-state index is 0.436. The molecule has 2 nitrogen and oxygen atoms in total. The quantitative estimate of drug-likeness (QED) is 0.838. The summed E-state index contributed by atoms with van der Waals surface area (Å²) in [5.74, 6) is 1.91. The summed E-state index contributed by atoms with van der Waals surface area (Å²) in [6, 6.07) is 1.12. The Hall–Kier alpha value is -0.0800. The molecule has 0 spiro atoms. The Bertz CT molecular complexity index is 254. The van der Waals surface area contributed by atoms with E-state index in [1.807, 2.05) is 0 Å². The van der Waals surface area contributed by atoms with E-state index >= 15 is 0 Å². The lowest BCUT2D eigenvalue weighted by Crippen LogP contribution is -2.51. The third-order valence-electron chi connectivity index (χ3n) is 5.60. The van der Waals surface area contributed by atoms with Crippen LogP contribution in [0.15, 0.2) is 0 Å². The van der Waals surface area contributed by atoms with Gasteiger partial charge in [0.05, 0.1) is 0 Å². The maximum atomic E-state index is 6.44. The Kier molecular flexibility index (Phi) is 6.15. The van der Waals surface area contributed by atoms with Crippen molar-refractivity contribution < 1.29 is 0 Å². The van der Waals surface area contributed by atoms with Crippen LogP contribution in [0.1, 0.15) is 71.6 Å². The van der Waals surface area contributed by atoms with Crippen molar-refractivity contribution in [2.24, 2.45) is 17.6 Å². The van der Waals surface area contributed by atoms with Gasteiger partial charge in [0.2, 0.25) is 0 Å². The minimum Gasteiger partial charge on any atom is -0.326 e. The second kappa shape index (κ2) is 7.64. The van der Waals surface area contributed by atoms with Gasteiger partial charge in [-0.3, -0.25) is 4.90 Å². The molecular formula is C17H34N2. The molecule has 1 saturated heterocycles. The van der Waals surface area contributed by atoms with Crippen LogP contribution in [0.5, 0.6) is 0 Å². The van der Waals surface area contributed by atoms with E-state index in [4.69, 9.17) is 5.73 Å². The Labute approximate surface area is 120 Å². The van der Waals surface area contributed by atoms with Gasteiger partial charge in [0, 0.05) is 12.1 Å². The first-order valence-corrected chi connectivity index (χ1v) is 8.74. The highest BCUT2D eigenvalue weighted by molar-refractivity contribution is 4.90. The van der Waals surface area contributed by atoms with Crippen LogP contribution in [-0.2, 0) is 0 Å². The zero-order valence-corrected chi connectivity index (χ0v) is 13.1. The van der Waals surface area contributed by atoms with Crippen LogP contribution in [0, 0.1) is 11.8 Å². The molecule has 1 aliphatic carbocycles. The second-order valence-electron chi connectivity index (χ2n) is 6.94. The standard InChI is InChI=1S/C17H34N2/c1-3-6-15-8-9-16(18)17(13-15)19-11-5-7-14(4-2)10-12-19/h14-17H,3-13,18H2,1-2H3. The highest BCUT2D eigenvalue weighted by Gasteiger charge is 2.32. The summed E-state index contributed by atoms with van der Waals surface area (Å²) >= 11 is 0. The predicted octanol–water partition coefficient (Wildman–Crippen LogP) is 3.79. The molecule has 0 aromatic carbocycles. The van der Waals surface area contributed by atoms with Crippen molar-refractivity contribution in [2.75, 3.05) is 13.1 Å². The van der Waals surface area contributed by atoms with Crippen LogP contribution in [0.3, 0.4) is 0 Å². The third kappa shape index (κ3) is 4.19. The van der Waals surface area contributed by atoms with E-state index in [1.54, 1.807) is 0 Å². The smallest absolute Gasteiger partial charge is 0.0249 e. The van der Waals surface area contributed by atoms with Crippen molar-refractivity contribution in [3.63, 3.8) is 0 Å².